The fraction of sp³-hybridized carbons (Fsp3) is 0.533. The summed E-state index contributed by atoms with van der Waals surface area (Å²) in [6, 6.07) is 0. The molecule has 0 aliphatic rings. The molecule has 0 aromatic carbocycles. The quantitative estimate of drug-likeness (QED) is 0.855. The molecule has 0 bridgehead atoms. The Bertz CT molecular complexity index is 617. The monoisotopic (exact) mass is 288 g/mol. The largest absolute Gasteiger partial charge is 0.370 e. The second-order valence-electron chi connectivity index (χ2n) is 4.99. The molecule has 6 nitrogen and oxygen atoms in total. The smallest absolute Gasteiger partial charge is 0.139 e. The van der Waals surface area contributed by atoms with Gasteiger partial charge in [0.1, 0.15) is 17.5 Å². The minimum atomic E-state index is 0.807. The predicted molar refractivity (Wildman–Crippen MR) is 86.2 cm³/mol. The van der Waals surface area contributed by atoms with Gasteiger partial charge in [0.25, 0.3) is 0 Å². The number of nitrogens with one attached hydrogen (secondary N) is 2. The summed E-state index contributed by atoms with van der Waals surface area (Å²) < 4.78 is 1.82. The lowest BCUT2D eigenvalue weighted by Crippen LogP contribution is -2.09. The SMILES string of the molecule is CCNc1nc(CC)nc(Nc2cn(C)nc2CC)c1C. The summed E-state index contributed by atoms with van der Waals surface area (Å²) in [5.41, 5.74) is 3.07. The average molecular weight is 288 g/mol. The molecule has 0 aliphatic carbocycles. The number of hydrogen-bond donors (Lipinski definition) is 2. The molecule has 2 aromatic heterocycles. The van der Waals surface area contributed by atoms with E-state index in [9.17, 15) is 0 Å². The molecule has 2 N–H and O–H groups in total. The van der Waals surface area contributed by atoms with Crippen molar-refractivity contribution < 1.29 is 0 Å². The van der Waals surface area contributed by atoms with Gasteiger partial charge in [-0.1, -0.05) is 13.8 Å². The van der Waals surface area contributed by atoms with Crippen molar-refractivity contribution in [2.75, 3.05) is 17.2 Å². The molecular formula is C15H24N6. The van der Waals surface area contributed by atoms with Crippen molar-refractivity contribution in [2.45, 2.75) is 40.5 Å². The van der Waals surface area contributed by atoms with Crippen LogP contribution in [-0.4, -0.2) is 26.3 Å². The predicted octanol–water partition coefficient (Wildman–Crippen LogP) is 2.82. The lowest BCUT2D eigenvalue weighted by atomic mass is 10.2. The minimum absolute atomic E-state index is 0.807. The standard InChI is InChI=1S/C15H24N6/c1-6-11-12(9-21(5)20-11)17-15-10(4)14(16-8-3)18-13(7-2)19-15/h9H,6-8H2,1-5H3,(H2,16,17,18,19). The third-order valence-electron chi connectivity index (χ3n) is 3.35. The van der Waals surface area contributed by atoms with E-state index in [-0.39, 0.29) is 0 Å². The van der Waals surface area contributed by atoms with Crippen molar-refractivity contribution in [3.05, 3.63) is 23.3 Å². The lowest BCUT2D eigenvalue weighted by Gasteiger charge is -2.14. The first kappa shape index (κ1) is 15.3. The normalized spacial score (nSPS) is 10.7. The molecular weight excluding hydrogens is 264 g/mol. The fourth-order valence-electron chi connectivity index (χ4n) is 2.21. The van der Waals surface area contributed by atoms with E-state index in [1.165, 1.54) is 0 Å². The number of nitrogens with zero attached hydrogens (tertiary/aromatic N) is 4. The molecule has 0 saturated carbocycles. The van der Waals surface area contributed by atoms with Crippen LogP contribution in [0.4, 0.5) is 17.3 Å². The van der Waals surface area contributed by atoms with Gasteiger partial charge in [0.2, 0.25) is 0 Å². The number of anilines is 3. The molecule has 21 heavy (non-hydrogen) atoms. The summed E-state index contributed by atoms with van der Waals surface area (Å²) in [6.45, 7) is 9.10. The summed E-state index contributed by atoms with van der Waals surface area (Å²) >= 11 is 0. The summed E-state index contributed by atoms with van der Waals surface area (Å²) in [6.07, 6.45) is 3.67. The highest BCUT2D eigenvalue weighted by Gasteiger charge is 2.13. The van der Waals surface area contributed by atoms with Gasteiger partial charge in [0.15, 0.2) is 0 Å². The van der Waals surface area contributed by atoms with E-state index in [0.717, 1.165) is 53.8 Å². The van der Waals surface area contributed by atoms with Gasteiger partial charge in [-0.15, -0.1) is 0 Å². The topological polar surface area (TPSA) is 67.7 Å². The third-order valence-corrected chi connectivity index (χ3v) is 3.35. The van der Waals surface area contributed by atoms with E-state index < -0.39 is 0 Å². The molecule has 0 saturated heterocycles. The molecule has 0 amide bonds. The van der Waals surface area contributed by atoms with Gasteiger partial charge in [0.05, 0.1) is 11.4 Å². The molecule has 0 atom stereocenters. The van der Waals surface area contributed by atoms with E-state index in [1.54, 1.807) is 0 Å². The van der Waals surface area contributed by atoms with E-state index in [2.05, 4.69) is 46.5 Å². The van der Waals surface area contributed by atoms with Crippen LogP contribution in [0.5, 0.6) is 0 Å². The maximum absolute atomic E-state index is 4.61. The van der Waals surface area contributed by atoms with Crippen molar-refractivity contribution >= 4 is 17.3 Å². The summed E-state index contributed by atoms with van der Waals surface area (Å²) in [5, 5.41) is 11.2. The first-order valence-corrected chi connectivity index (χ1v) is 7.49. The first-order chi connectivity index (χ1) is 10.1. The van der Waals surface area contributed by atoms with E-state index >= 15 is 0 Å². The van der Waals surface area contributed by atoms with Crippen LogP contribution in [0.3, 0.4) is 0 Å². The maximum atomic E-state index is 4.61. The summed E-state index contributed by atoms with van der Waals surface area (Å²) in [4.78, 5) is 9.16. The molecule has 0 spiro atoms. The molecule has 0 radical (unpaired) electrons. The number of hydrogen-bond acceptors (Lipinski definition) is 5. The molecule has 6 heteroatoms. The van der Waals surface area contributed by atoms with Crippen molar-refractivity contribution in [3.8, 4) is 0 Å². The van der Waals surface area contributed by atoms with Crippen LogP contribution < -0.4 is 10.6 Å². The van der Waals surface area contributed by atoms with E-state index in [4.69, 9.17) is 0 Å². The van der Waals surface area contributed by atoms with Crippen LogP contribution in [0.1, 0.15) is 37.9 Å². The maximum Gasteiger partial charge on any atom is 0.139 e. The highest BCUT2D eigenvalue weighted by Crippen LogP contribution is 2.25. The Morgan fingerprint density at radius 3 is 2.43 bits per heavy atom. The van der Waals surface area contributed by atoms with E-state index in [0.29, 0.717) is 0 Å². The Labute approximate surface area is 126 Å². The van der Waals surface area contributed by atoms with Gasteiger partial charge in [0, 0.05) is 31.8 Å². The average Bonchev–Trinajstić information content (AvgIpc) is 2.83. The number of aromatic nitrogens is 4. The second-order valence-corrected chi connectivity index (χ2v) is 4.99. The third kappa shape index (κ3) is 3.32. The zero-order valence-corrected chi connectivity index (χ0v) is 13.5. The molecule has 2 rings (SSSR count). The zero-order chi connectivity index (χ0) is 15.4. The Kier molecular flexibility index (Phi) is 4.77. The van der Waals surface area contributed by atoms with Crippen LogP contribution in [0, 0.1) is 6.92 Å². The Balaban J connectivity index is 2.40. The van der Waals surface area contributed by atoms with Crippen molar-refractivity contribution in [1.82, 2.24) is 19.7 Å². The van der Waals surface area contributed by atoms with Crippen molar-refractivity contribution in [1.29, 1.82) is 0 Å². The van der Waals surface area contributed by atoms with Crippen LogP contribution in [-0.2, 0) is 19.9 Å². The van der Waals surface area contributed by atoms with Gasteiger partial charge in [-0.2, -0.15) is 5.10 Å². The highest BCUT2D eigenvalue weighted by atomic mass is 15.3. The Morgan fingerprint density at radius 2 is 1.81 bits per heavy atom. The van der Waals surface area contributed by atoms with Crippen LogP contribution in [0.2, 0.25) is 0 Å². The molecule has 0 fully saturated rings. The molecule has 114 valence electrons. The van der Waals surface area contributed by atoms with Crippen LogP contribution >= 0.6 is 0 Å². The van der Waals surface area contributed by atoms with Crippen LogP contribution in [0.15, 0.2) is 6.20 Å². The van der Waals surface area contributed by atoms with Gasteiger partial charge in [-0.25, -0.2) is 9.97 Å². The number of aryl methyl sites for hydroxylation is 3. The first-order valence-electron chi connectivity index (χ1n) is 7.49. The summed E-state index contributed by atoms with van der Waals surface area (Å²) in [5.74, 6) is 2.58. The van der Waals surface area contributed by atoms with Crippen LogP contribution in [0.25, 0.3) is 0 Å². The molecule has 0 unspecified atom stereocenters. The number of rotatable bonds is 6. The Morgan fingerprint density at radius 1 is 1.10 bits per heavy atom. The van der Waals surface area contributed by atoms with Crippen molar-refractivity contribution in [2.24, 2.45) is 7.05 Å². The second kappa shape index (κ2) is 6.56. The van der Waals surface area contributed by atoms with Gasteiger partial charge >= 0.3 is 0 Å². The lowest BCUT2D eigenvalue weighted by molar-refractivity contribution is 0.746. The van der Waals surface area contributed by atoms with Gasteiger partial charge in [-0.3, -0.25) is 4.68 Å². The fourth-order valence-corrected chi connectivity index (χ4v) is 2.21. The highest BCUT2D eigenvalue weighted by molar-refractivity contribution is 5.65. The van der Waals surface area contributed by atoms with Crippen molar-refractivity contribution in [3.63, 3.8) is 0 Å². The zero-order valence-electron chi connectivity index (χ0n) is 13.5. The minimum Gasteiger partial charge on any atom is -0.370 e. The molecule has 0 aliphatic heterocycles. The van der Waals surface area contributed by atoms with E-state index in [1.807, 2.05) is 24.9 Å². The summed E-state index contributed by atoms with van der Waals surface area (Å²) in [7, 11) is 1.93. The molecule has 2 aromatic rings. The van der Waals surface area contributed by atoms with Gasteiger partial charge in [-0.05, 0) is 20.3 Å². The Hall–Kier alpha value is -2.11. The molecule has 2 heterocycles. The van der Waals surface area contributed by atoms with Gasteiger partial charge < -0.3 is 10.6 Å².